The van der Waals surface area contributed by atoms with Gasteiger partial charge in [-0.15, -0.1) is 0 Å². The van der Waals surface area contributed by atoms with Gasteiger partial charge in [0, 0.05) is 11.1 Å². The molecule has 0 unspecified atom stereocenters. The smallest absolute Gasteiger partial charge is 0.134 e. The van der Waals surface area contributed by atoms with Gasteiger partial charge in [-0.25, -0.2) is 9.36 Å². The monoisotopic (exact) mass is 496 g/mol. The second-order valence-electron chi connectivity index (χ2n) is 8.23. The van der Waals surface area contributed by atoms with Crippen LogP contribution in [0, 0.1) is 41.5 Å². The number of benzene rings is 2. The van der Waals surface area contributed by atoms with Crippen molar-refractivity contribution >= 4 is 27.5 Å². The highest BCUT2D eigenvalue weighted by Crippen LogP contribution is 2.38. The van der Waals surface area contributed by atoms with Crippen molar-refractivity contribution in [2.75, 3.05) is 0 Å². The lowest BCUT2D eigenvalue weighted by Gasteiger charge is -2.11. The van der Waals surface area contributed by atoms with Crippen LogP contribution in [0.2, 0.25) is 5.02 Å². The summed E-state index contributed by atoms with van der Waals surface area (Å²) in [5.41, 5.74) is 10.9. The van der Waals surface area contributed by atoms with Crippen LogP contribution in [0.1, 0.15) is 33.6 Å². The normalized spacial score (nSPS) is 11.4. The van der Waals surface area contributed by atoms with Crippen molar-refractivity contribution in [1.82, 2.24) is 19.6 Å². The van der Waals surface area contributed by atoms with E-state index in [4.69, 9.17) is 16.7 Å². The third-order valence-corrected chi connectivity index (χ3v) is 7.31. The second kappa shape index (κ2) is 8.29. The molecule has 2 aromatic carbocycles. The van der Waals surface area contributed by atoms with Crippen molar-refractivity contribution in [1.29, 1.82) is 0 Å². The van der Waals surface area contributed by atoms with Crippen LogP contribution in [-0.4, -0.2) is 19.6 Å². The number of nitrogens with zero attached hydrogens (tertiary/aromatic N) is 4. The maximum atomic E-state index is 6.40. The summed E-state index contributed by atoms with van der Waals surface area (Å²) in [4.78, 5) is 0. The number of hydrogen-bond donors (Lipinski definition) is 0. The molecule has 0 fully saturated rings. The molecule has 0 saturated carbocycles. The van der Waals surface area contributed by atoms with E-state index in [-0.39, 0.29) is 0 Å². The van der Waals surface area contributed by atoms with Gasteiger partial charge in [0.2, 0.25) is 0 Å². The van der Waals surface area contributed by atoms with E-state index in [0.29, 0.717) is 11.7 Å². The fourth-order valence-corrected chi connectivity index (χ4v) is 4.60. The van der Waals surface area contributed by atoms with E-state index in [1.165, 1.54) is 22.3 Å². The highest BCUT2D eigenvalue weighted by Gasteiger charge is 2.21. The lowest BCUT2D eigenvalue weighted by molar-refractivity contribution is 0.496. The van der Waals surface area contributed by atoms with Gasteiger partial charge in [0.25, 0.3) is 0 Å². The molecule has 6 heteroatoms. The van der Waals surface area contributed by atoms with E-state index >= 15 is 0 Å². The van der Waals surface area contributed by atoms with Crippen LogP contribution >= 0.6 is 27.5 Å². The summed E-state index contributed by atoms with van der Waals surface area (Å²) in [6.45, 7) is 12.9. The topological polar surface area (TPSA) is 35.6 Å². The molecule has 0 radical (unpaired) electrons. The van der Waals surface area contributed by atoms with Crippen molar-refractivity contribution in [3.8, 4) is 22.5 Å². The average Bonchev–Trinajstić information content (AvgIpc) is 3.17. The van der Waals surface area contributed by atoms with Gasteiger partial charge in [0.05, 0.1) is 26.6 Å². The first kappa shape index (κ1) is 21.8. The molecule has 0 saturated heterocycles. The lowest BCUT2D eigenvalue weighted by Crippen LogP contribution is -2.13. The molecule has 160 valence electrons. The van der Waals surface area contributed by atoms with Crippen LogP contribution in [0.5, 0.6) is 0 Å². The van der Waals surface area contributed by atoms with Gasteiger partial charge < -0.3 is 0 Å². The fraction of sp³-hybridized carbons (Fsp3) is 0.280. The van der Waals surface area contributed by atoms with E-state index in [1.54, 1.807) is 0 Å². The molecular weight excluding hydrogens is 472 g/mol. The zero-order valence-electron chi connectivity index (χ0n) is 18.7. The Labute approximate surface area is 197 Å². The molecule has 0 spiro atoms. The molecule has 0 aliphatic carbocycles. The molecule has 4 rings (SSSR count). The predicted octanol–water partition coefficient (Wildman–Crippen LogP) is 7.19. The first-order chi connectivity index (χ1) is 14.7. The van der Waals surface area contributed by atoms with E-state index in [0.717, 1.165) is 38.4 Å². The van der Waals surface area contributed by atoms with Crippen LogP contribution in [0.25, 0.3) is 22.5 Å². The summed E-state index contributed by atoms with van der Waals surface area (Å²) in [6.07, 6.45) is 0. The van der Waals surface area contributed by atoms with Crippen LogP contribution in [0.15, 0.2) is 40.9 Å². The molecule has 0 atom stereocenters. The summed E-state index contributed by atoms with van der Waals surface area (Å²) in [5.74, 6) is 0. The average molecular weight is 498 g/mol. The molecule has 0 bridgehead atoms. The second-order valence-corrected chi connectivity index (χ2v) is 9.41. The lowest BCUT2D eigenvalue weighted by atomic mass is 10.0. The Morgan fingerprint density at radius 1 is 0.774 bits per heavy atom. The molecule has 0 N–H and O–H groups in total. The highest BCUT2D eigenvalue weighted by atomic mass is 79.9. The third-order valence-electron chi connectivity index (χ3n) is 6.02. The molecule has 4 nitrogen and oxygen atoms in total. The minimum atomic E-state index is 0.477. The van der Waals surface area contributed by atoms with E-state index in [2.05, 4.69) is 85.1 Å². The van der Waals surface area contributed by atoms with Crippen molar-refractivity contribution < 1.29 is 0 Å². The fourth-order valence-electron chi connectivity index (χ4n) is 3.72. The molecule has 2 aromatic heterocycles. The standard InChI is InChI=1S/C25H26BrClN4/c1-14-7-9-20(11-16(14)3)24-22(26)25(21-10-8-15(2)17(4)12-21)31(29-24)13-30-19(6)23(27)18(5)28-30/h7-12H,13H2,1-6H3. The predicted molar refractivity (Wildman–Crippen MR) is 132 cm³/mol. The third kappa shape index (κ3) is 3.97. The molecule has 2 heterocycles. The van der Waals surface area contributed by atoms with E-state index < -0.39 is 0 Å². The van der Waals surface area contributed by atoms with Gasteiger partial charge in [0.15, 0.2) is 0 Å². The largest absolute Gasteiger partial charge is 0.246 e. The van der Waals surface area contributed by atoms with Gasteiger partial charge in [-0.3, -0.25) is 0 Å². The molecule has 31 heavy (non-hydrogen) atoms. The highest BCUT2D eigenvalue weighted by molar-refractivity contribution is 9.10. The Morgan fingerprint density at radius 2 is 1.35 bits per heavy atom. The number of aromatic nitrogens is 4. The van der Waals surface area contributed by atoms with Crippen LogP contribution in [-0.2, 0) is 6.67 Å². The SMILES string of the molecule is Cc1ccc(-c2nn(Cn3nc(C)c(Cl)c3C)c(-c3ccc(C)c(C)c3)c2Br)cc1C. The molecule has 0 aliphatic rings. The Kier molecular flexibility index (Phi) is 5.84. The summed E-state index contributed by atoms with van der Waals surface area (Å²) in [6, 6.07) is 13.0. The Hall–Kier alpha value is -2.37. The van der Waals surface area contributed by atoms with Crippen LogP contribution < -0.4 is 0 Å². The van der Waals surface area contributed by atoms with Crippen molar-refractivity contribution in [3.05, 3.63) is 79.5 Å². The maximum Gasteiger partial charge on any atom is 0.134 e. The number of hydrogen-bond acceptors (Lipinski definition) is 2. The van der Waals surface area contributed by atoms with Crippen LogP contribution in [0.4, 0.5) is 0 Å². The first-order valence-electron chi connectivity index (χ1n) is 10.3. The van der Waals surface area contributed by atoms with Gasteiger partial charge in [0.1, 0.15) is 12.4 Å². The van der Waals surface area contributed by atoms with Gasteiger partial charge >= 0.3 is 0 Å². The van der Waals surface area contributed by atoms with E-state index in [9.17, 15) is 0 Å². The van der Waals surface area contributed by atoms with Crippen molar-refractivity contribution in [2.45, 2.75) is 48.2 Å². The minimum absolute atomic E-state index is 0.477. The quantitative estimate of drug-likeness (QED) is 0.299. The molecule has 0 aliphatic heterocycles. The molecule has 4 aromatic rings. The zero-order chi connectivity index (χ0) is 22.4. The summed E-state index contributed by atoms with van der Waals surface area (Å²) < 4.78 is 4.90. The summed E-state index contributed by atoms with van der Waals surface area (Å²) in [5, 5.41) is 10.3. The molecular formula is C25H26BrClN4. The number of halogens is 2. The minimum Gasteiger partial charge on any atom is -0.246 e. The molecule has 0 amide bonds. The maximum absolute atomic E-state index is 6.40. The summed E-state index contributed by atoms with van der Waals surface area (Å²) >= 11 is 10.3. The zero-order valence-corrected chi connectivity index (χ0v) is 21.1. The first-order valence-corrected chi connectivity index (χ1v) is 11.5. The van der Waals surface area contributed by atoms with Gasteiger partial charge in [-0.2, -0.15) is 10.2 Å². The number of rotatable bonds is 4. The number of aryl methyl sites for hydroxylation is 5. The van der Waals surface area contributed by atoms with Crippen molar-refractivity contribution in [2.24, 2.45) is 0 Å². The van der Waals surface area contributed by atoms with Crippen LogP contribution in [0.3, 0.4) is 0 Å². The van der Waals surface area contributed by atoms with Gasteiger partial charge in [-0.1, -0.05) is 35.9 Å². The van der Waals surface area contributed by atoms with Crippen molar-refractivity contribution in [3.63, 3.8) is 0 Å². The Bertz CT molecular complexity index is 1300. The van der Waals surface area contributed by atoms with E-state index in [1.807, 2.05) is 23.2 Å². The van der Waals surface area contributed by atoms with Gasteiger partial charge in [-0.05, 0) is 91.9 Å². The summed E-state index contributed by atoms with van der Waals surface area (Å²) in [7, 11) is 0. The Balaban J connectivity index is 1.91. The Morgan fingerprint density at radius 3 is 1.90 bits per heavy atom.